The van der Waals surface area contributed by atoms with Crippen molar-refractivity contribution in [3.05, 3.63) is 47.2 Å². The van der Waals surface area contributed by atoms with Gasteiger partial charge in [0.15, 0.2) is 5.76 Å². The number of carbonyl (C=O) groups is 1. The lowest BCUT2D eigenvalue weighted by molar-refractivity contribution is 0.0898. The minimum atomic E-state index is -0.169. The van der Waals surface area contributed by atoms with Gasteiger partial charge >= 0.3 is 0 Å². The molecule has 1 aliphatic rings. The molecule has 1 aromatic carbocycles. The number of carbonyl (C=O) groups excluding carboxylic acids is 1. The first-order chi connectivity index (χ1) is 10.6. The predicted molar refractivity (Wildman–Crippen MR) is 94.4 cm³/mol. The number of hydrogen-bond acceptors (Lipinski definition) is 3. The van der Waals surface area contributed by atoms with Crippen molar-refractivity contribution in [2.24, 2.45) is 0 Å². The normalized spacial score (nSPS) is 20.6. The van der Waals surface area contributed by atoms with Crippen molar-refractivity contribution >= 4 is 29.9 Å². The van der Waals surface area contributed by atoms with Crippen LogP contribution >= 0.6 is 24.0 Å². The molecule has 23 heavy (non-hydrogen) atoms. The first-order valence-corrected chi connectivity index (χ1v) is 7.90. The third-order valence-corrected chi connectivity index (χ3v) is 4.26. The number of rotatable bonds is 3. The molecule has 2 aromatic rings. The van der Waals surface area contributed by atoms with Crippen LogP contribution in [0, 0.1) is 0 Å². The highest BCUT2D eigenvalue weighted by atomic mass is 35.5. The number of piperidine rings is 1. The maximum Gasteiger partial charge on any atom is 0.287 e. The van der Waals surface area contributed by atoms with Gasteiger partial charge in [0.25, 0.3) is 5.91 Å². The van der Waals surface area contributed by atoms with Gasteiger partial charge in [0.1, 0.15) is 5.76 Å². The zero-order valence-electron chi connectivity index (χ0n) is 12.8. The van der Waals surface area contributed by atoms with Gasteiger partial charge in [-0.05, 0) is 50.6 Å². The Balaban J connectivity index is 0.00000192. The molecular formula is C17H20Cl2N2O2. The molecule has 2 atom stereocenters. The Hall–Kier alpha value is -1.49. The van der Waals surface area contributed by atoms with Gasteiger partial charge in [-0.25, -0.2) is 0 Å². The molecule has 0 bridgehead atoms. The molecule has 2 heterocycles. The van der Waals surface area contributed by atoms with E-state index < -0.39 is 0 Å². The first-order valence-electron chi connectivity index (χ1n) is 7.52. The summed E-state index contributed by atoms with van der Waals surface area (Å²) in [5, 5.41) is 7.01. The second kappa shape index (κ2) is 7.86. The van der Waals surface area contributed by atoms with Gasteiger partial charge in [-0.2, -0.15) is 0 Å². The lowest BCUT2D eigenvalue weighted by atomic mass is 10.0. The number of furan rings is 1. The number of benzene rings is 1. The van der Waals surface area contributed by atoms with Crippen molar-refractivity contribution in [1.29, 1.82) is 0 Å². The summed E-state index contributed by atoms with van der Waals surface area (Å²) >= 11 is 6.15. The smallest absolute Gasteiger partial charge is 0.287 e. The molecule has 4 nitrogen and oxygen atoms in total. The van der Waals surface area contributed by atoms with E-state index >= 15 is 0 Å². The van der Waals surface area contributed by atoms with Gasteiger partial charge in [0.2, 0.25) is 0 Å². The van der Waals surface area contributed by atoms with Gasteiger partial charge in [0.05, 0.1) is 5.02 Å². The van der Waals surface area contributed by atoms with E-state index in [2.05, 4.69) is 17.6 Å². The Labute approximate surface area is 147 Å². The predicted octanol–water partition coefficient (Wildman–Crippen LogP) is 3.89. The fourth-order valence-electron chi connectivity index (χ4n) is 2.79. The maximum atomic E-state index is 12.3. The summed E-state index contributed by atoms with van der Waals surface area (Å²) in [6.45, 7) is 3.05. The summed E-state index contributed by atoms with van der Waals surface area (Å²) in [7, 11) is 0. The van der Waals surface area contributed by atoms with Crippen LogP contribution in [0.1, 0.15) is 30.3 Å². The minimum absolute atomic E-state index is 0. The van der Waals surface area contributed by atoms with E-state index in [0.717, 1.165) is 24.9 Å². The standard InChI is InChI=1S/C17H19ClN2O2.ClH/c1-11-10-12(8-9-19-11)20-17(21)16-7-6-15(22-16)13-4-2-3-5-14(13)18;/h2-7,11-12,19H,8-10H2,1H3,(H,20,21);1H. The zero-order valence-corrected chi connectivity index (χ0v) is 14.4. The van der Waals surface area contributed by atoms with Gasteiger partial charge in [-0.15, -0.1) is 12.4 Å². The Bertz CT molecular complexity index is 672. The highest BCUT2D eigenvalue weighted by Gasteiger charge is 2.22. The molecule has 2 N–H and O–H groups in total. The molecule has 6 heteroatoms. The van der Waals surface area contributed by atoms with Crippen molar-refractivity contribution < 1.29 is 9.21 Å². The number of hydrogen-bond donors (Lipinski definition) is 2. The van der Waals surface area contributed by atoms with E-state index in [-0.39, 0.29) is 24.4 Å². The molecule has 1 aliphatic heterocycles. The van der Waals surface area contributed by atoms with E-state index in [1.54, 1.807) is 18.2 Å². The molecule has 0 aliphatic carbocycles. The minimum Gasteiger partial charge on any atom is -0.451 e. The van der Waals surface area contributed by atoms with Crippen molar-refractivity contribution in [3.63, 3.8) is 0 Å². The molecule has 1 amide bonds. The van der Waals surface area contributed by atoms with Crippen LogP contribution < -0.4 is 10.6 Å². The summed E-state index contributed by atoms with van der Waals surface area (Å²) < 4.78 is 5.67. The largest absolute Gasteiger partial charge is 0.451 e. The van der Waals surface area contributed by atoms with Gasteiger partial charge in [-0.1, -0.05) is 23.7 Å². The quantitative estimate of drug-likeness (QED) is 0.878. The van der Waals surface area contributed by atoms with E-state index in [1.165, 1.54) is 0 Å². The van der Waals surface area contributed by atoms with E-state index in [1.807, 2.05) is 18.2 Å². The Kier molecular flexibility index (Phi) is 6.10. The third kappa shape index (κ3) is 4.28. The molecule has 0 saturated carbocycles. The molecular weight excluding hydrogens is 335 g/mol. The van der Waals surface area contributed by atoms with Crippen LogP contribution in [0.5, 0.6) is 0 Å². The molecule has 1 aromatic heterocycles. The number of halogens is 2. The molecule has 3 rings (SSSR count). The molecule has 0 spiro atoms. The number of amides is 1. The number of nitrogens with one attached hydrogen (secondary N) is 2. The van der Waals surface area contributed by atoms with Crippen molar-refractivity contribution in [1.82, 2.24) is 10.6 Å². The van der Waals surface area contributed by atoms with Crippen LogP contribution in [0.25, 0.3) is 11.3 Å². The zero-order chi connectivity index (χ0) is 15.5. The third-order valence-electron chi connectivity index (χ3n) is 3.93. The van der Waals surface area contributed by atoms with Gasteiger partial charge in [0, 0.05) is 17.6 Å². The van der Waals surface area contributed by atoms with Crippen LogP contribution in [0.3, 0.4) is 0 Å². The van der Waals surface area contributed by atoms with E-state index in [4.69, 9.17) is 16.0 Å². The van der Waals surface area contributed by atoms with Crippen LogP contribution in [-0.2, 0) is 0 Å². The van der Waals surface area contributed by atoms with Crippen LogP contribution in [0.15, 0.2) is 40.8 Å². The van der Waals surface area contributed by atoms with Gasteiger partial charge in [-0.3, -0.25) is 4.79 Å². The lowest BCUT2D eigenvalue weighted by Crippen LogP contribution is -2.46. The summed E-state index contributed by atoms with van der Waals surface area (Å²) in [6, 6.07) is 11.5. The van der Waals surface area contributed by atoms with Crippen molar-refractivity contribution in [2.75, 3.05) is 6.54 Å². The summed E-state index contributed by atoms with van der Waals surface area (Å²) in [4.78, 5) is 12.3. The topological polar surface area (TPSA) is 54.3 Å². The van der Waals surface area contributed by atoms with Crippen molar-refractivity contribution in [2.45, 2.75) is 31.8 Å². The molecule has 1 saturated heterocycles. The van der Waals surface area contributed by atoms with E-state index in [9.17, 15) is 4.79 Å². The van der Waals surface area contributed by atoms with Crippen LogP contribution in [0.2, 0.25) is 5.02 Å². The maximum absolute atomic E-state index is 12.3. The molecule has 0 radical (unpaired) electrons. The van der Waals surface area contributed by atoms with Crippen molar-refractivity contribution in [3.8, 4) is 11.3 Å². The second-order valence-corrected chi connectivity index (χ2v) is 6.10. The summed E-state index contributed by atoms with van der Waals surface area (Å²) in [5.41, 5.74) is 0.790. The Morgan fingerprint density at radius 3 is 2.83 bits per heavy atom. The molecule has 124 valence electrons. The monoisotopic (exact) mass is 354 g/mol. The summed E-state index contributed by atoms with van der Waals surface area (Å²) in [5.74, 6) is 0.757. The molecule has 1 fully saturated rings. The highest BCUT2D eigenvalue weighted by molar-refractivity contribution is 6.33. The van der Waals surface area contributed by atoms with Crippen LogP contribution in [0.4, 0.5) is 0 Å². The van der Waals surface area contributed by atoms with E-state index in [0.29, 0.717) is 22.6 Å². The highest BCUT2D eigenvalue weighted by Crippen LogP contribution is 2.29. The van der Waals surface area contributed by atoms with Crippen LogP contribution in [-0.4, -0.2) is 24.5 Å². The first kappa shape index (κ1) is 17.9. The fraction of sp³-hybridized carbons (Fsp3) is 0.353. The lowest BCUT2D eigenvalue weighted by Gasteiger charge is -2.28. The fourth-order valence-corrected chi connectivity index (χ4v) is 3.01. The Morgan fingerprint density at radius 2 is 2.09 bits per heavy atom. The van der Waals surface area contributed by atoms with Gasteiger partial charge < -0.3 is 15.1 Å². The SMILES string of the molecule is CC1CC(NC(=O)c2ccc(-c3ccccc3Cl)o2)CCN1.Cl. The molecule has 2 unspecified atom stereocenters. The second-order valence-electron chi connectivity index (χ2n) is 5.69. The average molecular weight is 355 g/mol. The average Bonchev–Trinajstić information content (AvgIpc) is 2.97. The Morgan fingerprint density at radius 1 is 1.30 bits per heavy atom. The summed E-state index contributed by atoms with van der Waals surface area (Å²) in [6.07, 6.45) is 1.87.